The maximum absolute atomic E-state index is 13.1. The van der Waals surface area contributed by atoms with Crippen LogP contribution in [0.25, 0.3) is 0 Å². The Bertz CT molecular complexity index is 1040. The number of rotatable bonds is 4. The zero-order valence-electron chi connectivity index (χ0n) is 16.8. The summed E-state index contributed by atoms with van der Waals surface area (Å²) in [5.74, 6) is -0.446. The summed E-state index contributed by atoms with van der Waals surface area (Å²) >= 11 is 0. The smallest absolute Gasteiger partial charge is 0.233 e. The first kappa shape index (κ1) is 19.0. The van der Waals surface area contributed by atoms with Gasteiger partial charge in [-0.1, -0.05) is 36.4 Å². The topological polar surface area (TPSA) is 54.3 Å². The van der Waals surface area contributed by atoms with E-state index in [9.17, 15) is 9.59 Å². The van der Waals surface area contributed by atoms with Crippen molar-refractivity contribution < 1.29 is 9.59 Å². The van der Waals surface area contributed by atoms with E-state index in [0.717, 1.165) is 29.1 Å². The molecule has 4 rings (SSSR count). The number of hydrogen-bond donors (Lipinski definition) is 1. The molecule has 0 bridgehead atoms. The van der Waals surface area contributed by atoms with Gasteiger partial charge in [0.05, 0.1) is 6.04 Å². The van der Waals surface area contributed by atoms with Crippen molar-refractivity contribution in [1.29, 1.82) is 0 Å². The van der Waals surface area contributed by atoms with Crippen LogP contribution in [-0.4, -0.2) is 27.8 Å². The molecule has 3 aromatic rings. The third kappa shape index (κ3) is 3.94. The van der Waals surface area contributed by atoms with Gasteiger partial charge in [0.2, 0.25) is 11.8 Å². The molecule has 1 unspecified atom stereocenters. The third-order valence-electron chi connectivity index (χ3n) is 5.58. The van der Waals surface area contributed by atoms with Crippen molar-refractivity contribution in [3.63, 3.8) is 0 Å². The van der Waals surface area contributed by atoms with Crippen LogP contribution in [0.3, 0.4) is 0 Å². The lowest BCUT2D eigenvalue weighted by molar-refractivity contribution is -0.136. The molecule has 2 heterocycles. The van der Waals surface area contributed by atoms with Crippen molar-refractivity contribution in [3.8, 4) is 0 Å². The van der Waals surface area contributed by atoms with E-state index in [1.165, 1.54) is 5.56 Å². The second-order valence-electron chi connectivity index (χ2n) is 7.55. The van der Waals surface area contributed by atoms with Crippen LogP contribution in [0.15, 0.2) is 66.9 Å². The molecule has 29 heavy (non-hydrogen) atoms. The van der Waals surface area contributed by atoms with Crippen LogP contribution in [0, 0.1) is 13.8 Å². The van der Waals surface area contributed by atoms with Gasteiger partial charge in [0.15, 0.2) is 0 Å². The van der Waals surface area contributed by atoms with Crippen LogP contribution in [0.1, 0.15) is 34.8 Å². The molecule has 5 heteroatoms. The summed E-state index contributed by atoms with van der Waals surface area (Å²) in [6.45, 7) is 5.34. The molecule has 5 nitrogen and oxygen atoms in total. The summed E-state index contributed by atoms with van der Waals surface area (Å²) in [4.78, 5) is 27.5. The van der Waals surface area contributed by atoms with Crippen molar-refractivity contribution in [1.82, 2.24) is 9.47 Å². The van der Waals surface area contributed by atoms with Crippen LogP contribution in [0.5, 0.6) is 0 Å². The number of hydrogen-bond acceptors (Lipinski definition) is 2. The van der Waals surface area contributed by atoms with Crippen LogP contribution in [-0.2, 0) is 16.1 Å². The maximum atomic E-state index is 13.1. The first-order valence-corrected chi connectivity index (χ1v) is 9.89. The molecule has 2 amide bonds. The van der Waals surface area contributed by atoms with Gasteiger partial charge in [-0.05, 0) is 54.8 Å². The molecule has 0 saturated carbocycles. The van der Waals surface area contributed by atoms with E-state index in [1.807, 2.05) is 85.6 Å². The third-order valence-corrected chi connectivity index (χ3v) is 5.58. The highest BCUT2D eigenvalue weighted by Crippen LogP contribution is 2.32. The zero-order valence-corrected chi connectivity index (χ0v) is 16.8. The Hall–Kier alpha value is -3.34. The standard InChI is InChI=1S/C24H25N3O2/c1-17-10-11-20(15-18(17)2)25-22(28)16-23(29)27-14-13-26-12-6-9-21(26)24(27)19-7-4-3-5-8-19/h3-12,15,24H,13-14,16H2,1-2H3,(H,25,28). The van der Waals surface area contributed by atoms with Crippen molar-refractivity contribution in [2.45, 2.75) is 32.9 Å². The van der Waals surface area contributed by atoms with Crippen LogP contribution >= 0.6 is 0 Å². The molecule has 0 saturated heterocycles. The van der Waals surface area contributed by atoms with E-state index in [2.05, 4.69) is 9.88 Å². The first-order valence-electron chi connectivity index (χ1n) is 9.89. The Labute approximate surface area is 171 Å². The minimum Gasteiger partial charge on any atom is -0.348 e. The molecule has 2 aromatic carbocycles. The van der Waals surface area contributed by atoms with Gasteiger partial charge in [-0.15, -0.1) is 0 Å². The quantitative estimate of drug-likeness (QED) is 0.686. The average Bonchev–Trinajstić information content (AvgIpc) is 3.19. The van der Waals surface area contributed by atoms with Gasteiger partial charge in [-0.25, -0.2) is 0 Å². The van der Waals surface area contributed by atoms with E-state index in [4.69, 9.17) is 0 Å². The van der Waals surface area contributed by atoms with Crippen LogP contribution in [0.2, 0.25) is 0 Å². The van der Waals surface area contributed by atoms with Gasteiger partial charge in [0.1, 0.15) is 6.42 Å². The van der Waals surface area contributed by atoms with Crippen molar-refractivity contribution in [3.05, 3.63) is 89.2 Å². The predicted octanol–water partition coefficient (Wildman–Crippen LogP) is 4.07. The lowest BCUT2D eigenvalue weighted by Crippen LogP contribution is -2.43. The number of aromatic nitrogens is 1. The normalized spacial score (nSPS) is 15.7. The van der Waals surface area contributed by atoms with Crippen LogP contribution < -0.4 is 5.32 Å². The van der Waals surface area contributed by atoms with Gasteiger partial charge in [-0.2, -0.15) is 0 Å². The summed E-state index contributed by atoms with van der Waals surface area (Å²) in [6, 6.07) is 19.6. The lowest BCUT2D eigenvalue weighted by Gasteiger charge is -2.37. The zero-order chi connectivity index (χ0) is 20.4. The minimum absolute atomic E-state index is 0.160. The summed E-state index contributed by atoms with van der Waals surface area (Å²) in [7, 11) is 0. The molecular formula is C24H25N3O2. The molecule has 1 aliphatic rings. The number of fused-ring (bicyclic) bond motifs is 1. The number of amides is 2. The molecule has 0 aliphatic carbocycles. The molecule has 148 valence electrons. The van der Waals surface area contributed by atoms with E-state index in [0.29, 0.717) is 6.54 Å². The van der Waals surface area contributed by atoms with E-state index >= 15 is 0 Å². The molecule has 0 fully saturated rings. The van der Waals surface area contributed by atoms with Crippen molar-refractivity contribution in [2.75, 3.05) is 11.9 Å². The monoisotopic (exact) mass is 387 g/mol. The number of nitrogens with one attached hydrogen (secondary N) is 1. The highest BCUT2D eigenvalue weighted by molar-refractivity contribution is 6.03. The fraction of sp³-hybridized carbons (Fsp3) is 0.250. The number of aryl methyl sites for hydroxylation is 2. The van der Waals surface area contributed by atoms with E-state index < -0.39 is 0 Å². The number of carbonyl (C=O) groups excluding carboxylic acids is 2. The average molecular weight is 387 g/mol. The summed E-state index contributed by atoms with van der Waals surface area (Å²) in [6.07, 6.45) is 1.87. The molecule has 1 atom stereocenters. The molecular weight excluding hydrogens is 362 g/mol. The Kier molecular flexibility index (Phi) is 5.21. The van der Waals surface area contributed by atoms with Crippen LogP contribution in [0.4, 0.5) is 5.69 Å². The molecule has 1 N–H and O–H groups in total. The lowest BCUT2D eigenvalue weighted by atomic mass is 9.99. The number of carbonyl (C=O) groups is 2. The summed E-state index contributed by atoms with van der Waals surface area (Å²) in [5, 5.41) is 2.86. The maximum Gasteiger partial charge on any atom is 0.233 e. The molecule has 0 radical (unpaired) electrons. The second kappa shape index (κ2) is 7.95. The van der Waals surface area contributed by atoms with Crippen molar-refractivity contribution >= 4 is 17.5 Å². The Morgan fingerprint density at radius 2 is 1.76 bits per heavy atom. The Morgan fingerprint density at radius 3 is 2.52 bits per heavy atom. The Balaban J connectivity index is 1.52. The number of anilines is 1. The van der Waals surface area contributed by atoms with E-state index in [1.54, 1.807) is 0 Å². The van der Waals surface area contributed by atoms with Gasteiger partial charge in [-0.3, -0.25) is 9.59 Å². The predicted molar refractivity (Wildman–Crippen MR) is 114 cm³/mol. The van der Waals surface area contributed by atoms with Gasteiger partial charge in [0, 0.05) is 30.7 Å². The Morgan fingerprint density at radius 1 is 0.966 bits per heavy atom. The highest BCUT2D eigenvalue weighted by atomic mass is 16.2. The number of benzene rings is 2. The number of nitrogens with zero attached hydrogens (tertiary/aromatic N) is 2. The summed E-state index contributed by atoms with van der Waals surface area (Å²) in [5.41, 5.74) is 5.12. The highest BCUT2D eigenvalue weighted by Gasteiger charge is 2.32. The summed E-state index contributed by atoms with van der Waals surface area (Å²) < 4.78 is 2.18. The minimum atomic E-state index is -0.286. The van der Waals surface area contributed by atoms with Crippen molar-refractivity contribution in [2.24, 2.45) is 0 Å². The SMILES string of the molecule is Cc1ccc(NC(=O)CC(=O)N2CCn3cccc3C2c2ccccc2)cc1C. The second-order valence-corrected chi connectivity index (χ2v) is 7.55. The van der Waals surface area contributed by atoms with Gasteiger partial charge in [0.25, 0.3) is 0 Å². The molecule has 1 aliphatic heterocycles. The largest absolute Gasteiger partial charge is 0.348 e. The van der Waals surface area contributed by atoms with Gasteiger partial charge < -0.3 is 14.8 Å². The fourth-order valence-corrected chi connectivity index (χ4v) is 3.90. The van der Waals surface area contributed by atoms with Gasteiger partial charge >= 0.3 is 0 Å². The molecule has 1 aromatic heterocycles. The molecule has 0 spiro atoms. The first-order chi connectivity index (χ1) is 14.0. The fourth-order valence-electron chi connectivity index (χ4n) is 3.90. The van der Waals surface area contributed by atoms with E-state index in [-0.39, 0.29) is 24.3 Å².